The molecule has 0 radical (unpaired) electrons. The fourth-order valence-electron chi connectivity index (χ4n) is 2.29. The lowest BCUT2D eigenvalue weighted by Gasteiger charge is -2.05. The third-order valence-electron chi connectivity index (χ3n) is 3.97. The van der Waals surface area contributed by atoms with Gasteiger partial charge in [0.1, 0.15) is 0 Å². The fraction of sp³-hybridized carbons (Fsp3) is 0.286. The van der Waals surface area contributed by atoms with E-state index in [1.54, 1.807) is 12.4 Å². The van der Waals surface area contributed by atoms with E-state index in [9.17, 15) is 0 Å². The normalized spacial score (nSPS) is 11.6. The van der Waals surface area contributed by atoms with E-state index >= 15 is 0 Å². The fourth-order valence-corrected chi connectivity index (χ4v) is 2.40. The molecular formula is C21H26N4S. The summed E-state index contributed by atoms with van der Waals surface area (Å²) in [6, 6.07) is 16.6. The highest BCUT2D eigenvalue weighted by atomic mass is 32.1. The first-order valence-corrected chi connectivity index (χ1v) is 9.18. The highest BCUT2D eigenvalue weighted by molar-refractivity contribution is 7.80. The van der Waals surface area contributed by atoms with Gasteiger partial charge in [0, 0.05) is 0 Å². The van der Waals surface area contributed by atoms with Crippen LogP contribution in [0.5, 0.6) is 0 Å². The molecule has 0 unspecified atom stereocenters. The maximum atomic E-state index is 5.15. The maximum absolute atomic E-state index is 5.15. The molecule has 0 saturated carbocycles. The molecule has 0 atom stereocenters. The van der Waals surface area contributed by atoms with E-state index in [2.05, 4.69) is 73.0 Å². The van der Waals surface area contributed by atoms with Gasteiger partial charge in [0.05, 0.1) is 12.4 Å². The van der Waals surface area contributed by atoms with Crippen LogP contribution >= 0.6 is 12.2 Å². The highest BCUT2D eigenvalue weighted by Crippen LogP contribution is 2.14. The summed E-state index contributed by atoms with van der Waals surface area (Å²) in [5.74, 6) is 1.05. The van der Waals surface area contributed by atoms with Crippen molar-refractivity contribution >= 4 is 29.8 Å². The van der Waals surface area contributed by atoms with Gasteiger partial charge in [0.2, 0.25) is 5.11 Å². The van der Waals surface area contributed by atoms with Crippen molar-refractivity contribution in [2.24, 2.45) is 10.2 Å². The molecule has 2 aromatic carbocycles. The van der Waals surface area contributed by atoms with Gasteiger partial charge in [-0.05, 0) is 46.3 Å². The Hall–Kier alpha value is -2.53. The first-order chi connectivity index (χ1) is 12.5. The Balaban J connectivity index is 1.79. The van der Waals surface area contributed by atoms with Crippen LogP contribution in [0, 0.1) is 0 Å². The number of nitrogens with zero attached hydrogens (tertiary/aromatic N) is 2. The minimum atomic E-state index is 0.343. The molecule has 0 amide bonds. The predicted molar refractivity (Wildman–Crippen MR) is 115 cm³/mol. The molecule has 0 saturated heterocycles. The molecule has 26 heavy (non-hydrogen) atoms. The van der Waals surface area contributed by atoms with Crippen LogP contribution in [0.25, 0.3) is 0 Å². The maximum Gasteiger partial charge on any atom is 0.207 e. The average Bonchev–Trinajstić information content (AvgIpc) is 2.62. The van der Waals surface area contributed by atoms with Gasteiger partial charge in [-0.25, -0.2) is 0 Å². The van der Waals surface area contributed by atoms with Gasteiger partial charge in [0.25, 0.3) is 0 Å². The second kappa shape index (κ2) is 9.82. The van der Waals surface area contributed by atoms with Crippen molar-refractivity contribution in [3.8, 4) is 0 Å². The first kappa shape index (κ1) is 19.8. The highest BCUT2D eigenvalue weighted by Gasteiger charge is 1.98. The smallest absolute Gasteiger partial charge is 0.207 e. The van der Waals surface area contributed by atoms with Crippen molar-refractivity contribution in [3.05, 3.63) is 70.8 Å². The second-order valence-electron chi connectivity index (χ2n) is 6.71. The molecule has 0 fully saturated rings. The molecule has 0 aromatic heterocycles. The molecule has 5 heteroatoms. The summed E-state index contributed by atoms with van der Waals surface area (Å²) in [6.45, 7) is 8.70. The monoisotopic (exact) mass is 366 g/mol. The second-order valence-corrected chi connectivity index (χ2v) is 7.12. The molecule has 136 valence electrons. The van der Waals surface area contributed by atoms with Gasteiger partial charge in [0.15, 0.2) is 0 Å². The SMILES string of the molecule is CC(C)c1ccc(/C=N\NC(=S)N/N=C\c2ccc(C(C)C)cc2)cc1. The molecule has 2 N–H and O–H groups in total. The van der Waals surface area contributed by atoms with Crippen molar-refractivity contribution in [2.75, 3.05) is 0 Å². The van der Waals surface area contributed by atoms with Gasteiger partial charge < -0.3 is 0 Å². The average molecular weight is 367 g/mol. The number of hydrazone groups is 2. The summed E-state index contributed by atoms with van der Waals surface area (Å²) in [5.41, 5.74) is 10.2. The largest absolute Gasteiger partial charge is 0.252 e. The van der Waals surface area contributed by atoms with Crippen LogP contribution in [-0.2, 0) is 0 Å². The van der Waals surface area contributed by atoms with Gasteiger partial charge in [-0.3, -0.25) is 10.9 Å². The molecule has 0 spiro atoms. The van der Waals surface area contributed by atoms with Crippen LogP contribution in [0.2, 0.25) is 0 Å². The zero-order chi connectivity index (χ0) is 18.9. The quantitative estimate of drug-likeness (QED) is 0.440. The topological polar surface area (TPSA) is 48.8 Å². The van der Waals surface area contributed by atoms with Gasteiger partial charge in [-0.1, -0.05) is 76.2 Å². The Morgan fingerprint density at radius 1 is 0.731 bits per heavy atom. The number of hydrogen-bond donors (Lipinski definition) is 2. The number of hydrogen-bond acceptors (Lipinski definition) is 3. The summed E-state index contributed by atoms with van der Waals surface area (Å²) in [7, 11) is 0. The minimum Gasteiger partial charge on any atom is -0.252 e. The van der Waals surface area contributed by atoms with Crippen molar-refractivity contribution in [1.82, 2.24) is 10.9 Å². The van der Waals surface area contributed by atoms with Gasteiger partial charge in [-0.2, -0.15) is 10.2 Å². The van der Waals surface area contributed by atoms with Crippen LogP contribution in [0.1, 0.15) is 61.8 Å². The van der Waals surface area contributed by atoms with E-state index in [1.807, 2.05) is 24.3 Å². The van der Waals surface area contributed by atoms with Gasteiger partial charge >= 0.3 is 0 Å². The third-order valence-corrected chi connectivity index (χ3v) is 4.15. The summed E-state index contributed by atoms with van der Waals surface area (Å²) >= 11 is 5.15. The van der Waals surface area contributed by atoms with Crippen molar-refractivity contribution < 1.29 is 0 Å². The molecule has 0 aliphatic carbocycles. The van der Waals surface area contributed by atoms with E-state index in [-0.39, 0.29) is 0 Å². The molecule has 2 rings (SSSR count). The van der Waals surface area contributed by atoms with Crippen LogP contribution < -0.4 is 10.9 Å². The number of rotatable bonds is 6. The number of benzene rings is 2. The Bertz CT molecular complexity index is 694. The van der Waals surface area contributed by atoms with Crippen molar-refractivity contribution in [2.45, 2.75) is 39.5 Å². The summed E-state index contributed by atoms with van der Waals surface area (Å²) < 4.78 is 0. The van der Waals surface area contributed by atoms with Crippen LogP contribution in [-0.4, -0.2) is 17.5 Å². The van der Waals surface area contributed by atoms with E-state index in [1.165, 1.54) is 11.1 Å². The lowest BCUT2D eigenvalue weighted by Crippen LogP contribution is -2.28. The van der Waals surface area contributed by atoms with Crippen LogP contribution in [0.15, 0.2) is 58.7 Å². The van der Waals surface area contributed by atoms with Crippen LogP contribution in [0.3, 0.4) is 0 Å². The van der Waals surface area contributed by atoms with E-state index < -0.39 is 0 Å². The first-order valence-electron chi connectivity index (χ1n) is 8.77. The lowest BCUT2D eigenvalue weighted by atomic mass is 10.0. The Morgan fingerprint density at radius 3 is 1.38 bits per heavy atom. The Kier molecular flexibility index (Phi) is 7.48. The summed E-state index contributed by atoms with van der Waals surface area (Å²) in [5, 5.41) is 8.58. The zero-order valence-corrected chi connectivity index (χ0v) is 16.5. The lowest BCUT2D eigenvalue weighted by molar-refractivity contribution is 0.866. The standard InChI is InChI=1S/C21H26N4S/c1-15(2)19-9-5-17(6-10-19)13-22-24-21(26)25-23-14-18-7-11-20(12-8-18)16(3)4/h5-16H,1-4H3,(H2,24,25,26)/b22-13-,23-14-. The molecule has 0 aliphatic heterocycles. The minimum absolute atomic E-state index is 0.343. The molecule has 0 bridgehead atoms. The predicted octanol–water partition coefficient (Wildman–Crippen LogP) is 4.77. The van der Waals surface area contributed by atoms with Crippen molar-refractivity contribution in [1.29, 1.82) is 0 Å². The van der Waals surface area contributed by atoms with E-state index in [0.717, 1.165) is 11.1 Å². The van der Waals surface area contributed by atoms with Crippen LogP contribution in [0.4, 0.5) is 0 Å². The van der Waals surface area contributed by atoms with Crippen molar-refractivity contribution in [3.63, 3.8) is 0 Å². The molecule has 0 aliphatic rings. The molecule has 0 heterocycles. The molecule has 4 nitrogen and oxygen atoms in total. The Morgan fingerprint density at radius 2 is 1.08 bits per heavy atom. The third kappa shape index (κ3) is 6.41. The van der Waals surface area contributed by atoms with E-state index in [0.29, 0.717) is 16.9 Å². The van der Waals surface area contributed by atoms with E-state index in [4.69, 9.17) is 12.2 Å². The summed E-state index contributed by atoms with van der Waals surface area (Å²) in [6.07, 6.45) is 3.46. The van der Waals surface area contributed by atoms with Gasteiger partial charge in [-0.15, -0.1) is 0 Å². The molecule has 2 aromatic rings. The zero-order valence-electron chi connectivity index (χ0n) is 15.7. The number of nitrogens with one attached hydrogen (secondary N) is 2. The Labute approximate surface area is 161 Å². The summed E-state index contributed by atoms with van der Waals surface area (Å²) in [4.78, 5) is 0. The molecular weight excluding hydrogens is 340 g/mol. The number of thiocarbonyl (C=S) groups is 1.